The zero-order valence-electron chi connectivity index (χ0n) is 17.0. The molecule has 28 heavy (non-hydrogen) atoms. The predicted molar refractivity (Wildman–Crippen MR) is 116 cm³/mol. The second-order valence-corrected chi connectivity index (χ2v) is 8.27. The molecule has 1 aromatic carbocycles. The number of aromatic nitrogens is 2. The Kier molecular flexibility index (Phi) is 8.27. The first-order chi connectivity index (χ1) is 13.8. The van der Waals surface area contributed by atoms with Gasteiger partial charge in [0.1, 0.15) is 5.82 Å². The fourth-order valence-corrected chi connectivity index (χ4v) is 4.32. The summed E-state index contributed by atoms with van der Waals surface area (Å²) in [5, 5.41) is 0.981. The zero-order valence-corrected chi connectivity index (χ0v) is 17.8. The quantitative estimate of drug-likeness (QED) is 0.550. The summed E-state index contributed by atoms with van der Waals surface area (Å²) in [6.07, 6.45) is 8.83. The van der Waals surface area contributed by atoms with E-state index in [-0.39, 0.29) is 0 Å². The Labute approximate surface area is 172 Å². The third-order valence-electron chi connectivity index (χ3n) is 5.31. The minimum atomic E-state index is 0.317. The minimum absolute atomic E-state index is 0.317. The Hall–Kier alpha value is -1.95. The predicted octanol–water partition coefficient (Wildman–Crippen LogP) is 4.53. The first kappa shape index (κ1) is 20.8. The smallest absolute Gasteiger partial charge is 0.222 e. The van der Waals surface area contributed by atoms with E-state index < -0.39 is 0 Å². The van der Waals surface area contributed by atoms with Crippen LogP contribution in [0.25, 0.3) is 0 Å². The second kappa shape index (κ2) is 11.1. The molecule has 0 radical (unpaired) electrons. The number of hydrogen-bond donors (Lipinski definition) is 0. The van der Waals surface area contributed by atoms with Gasteiger partial charge in [-0.3, -0.25) is 4.79 Å². The van der Waals surface area contributed by atoms with Crippen LogP contribution in [0.1, 0.15) is 63.3 Å². The molecule has 1 aromatic heterocycles. The number of anilines is 1. The highest BCUT2D eigenvalue weighted by atomic mass is 32.1. The largest absolute Gasteiger partial charge is 0.343 e. The van der Waals surface area contributed by atoms with Crippen LogP contribution >= 0.6 is 11.5 Å². The summed E-state index contributed by atoms with van der Waals surface area (Å²) in [6.45, 7) is 5.52. The molecule has 1 saturated heterocycles. The first-order valence-electron chi connectivity index (χ1n) is 10.7. The fraction of sp³-hybridized carbons (Fsp3) is 0.591. The summed E-state index contributed by atoms with van der Waals surface area (Å²) in [6, 6.07) is 10.3. The Morgan fingerprint density at radius 1 is 1.00 bits per heavy atom. The van der Waals surface area contributed by atoms with Crippen LogP contribution in [0.2, 0.25) is 0 Å². The molecule has 2 heterocycles. The van der Waals surface area contributed by atoms with E-state index in [9.17, 15) is 4.79 Å². The molecule has 3 rings (SSSR count). The molecule has 0 aliphatic carbocycles. The van der Waals surface area contributed by atoms with Crippen molar-refractivity contribution in [2.24, 2.45) is 0 Å². The molecule has 1 fully saturated rings. The Balaban J connectivity index is 1.38. The normalized spacial score (nSPS) is 14.5. The van der Waals surface area contributed by atoms with E-state index in [2.05, 4.69) is 28.3 Å². The van der Waals surface area contributed by atoms with Crippen molar-refractivity contribution in [2.45, 2.75) is 58.3 Å². The molecule has 152 valence electrons. The monoisotopic (exact) mass is 400 g/mol. The van der Waals surface area contributed by atoms with Gasteiger partial charge in [-0.2, -0.15) is 4.37 Å². The molecule has 6 heteroatoms. The molecule has 1 aliphatic rings. The summed E-state index contributed by atoms with van der Waals surface area (Å²) >= 11 is 1.47. The van der Waals surface area contributed by atoms with Crippen molar-refractivity contribution in [3.63, 3.8) is 0 Å². The molecule has 0 atom stereocenters. The molecule has 5 nitrogen and oxygen atoms in total. The lowest BCUT2D eigenvalue weighted by Crippen LogP contribution is -2.48. The summed E-state index contributed by atoms with van der Waals surface area (Å²) < 4.78 is 4.52. The Bertz CT molecular complexity index is 710. The van der Waals surface area contributed by atoms with Gasteiger partial charge in [-0.1, -0.05) is 69.4 Å². The second-order valence-electron chi connectivity index (χ2n) is 7.54. The molecule has 0 bridgehead atoms. The van der Waals surface area contributed by atoms with Crippen LogP contribution in [0.15, 0.2) is 30.3 Å². The molecular weight excluding hydrogens is 368 g/mol. The van der Waals surface area contributed by atoms with Gasteiger partial charge in [0, 0.05) is 50.6 Å². The zero-order chi connectivity index (χ0) is 19.6. The molecule has 0 N–H and O–H groups in total. The molecule has 0 spiro atoms. The third-order valence-corrected chi connectivity index (χ3v) is 6.12. The van der Waals surface area contributed by atoms with Gasteiger partial charge in [-0.15, -0.1) is 0 Å². The van der Waals surface area contributed by atoms with E-state index in [0.717, 1.165) is 50.0 Å². The highest BCUT2D eigenvalue weighted by molar-refractivity contribution is 7.09. The number of nitrogens with zero attached hydrogens (tertiary/aromatic N) is 4. The van der Waals surface area contributed by atoms with Crippen LogP contribution in [0, 0.1) is 0 Å². The topological polar surface area (TPSA) is 49.3 Å². The van der Waals surface area contributed by atoms with Gasteiger partial charge in [-0.25, -0.2) is 4.98 Å². The minimum Gasteiger partial charge on any atom is -0.343 e. The van der Waals surface area contributed by atoms with E-state index in [1.807, 2.05) is 23.1 Å². The Morgan fingerprint density at radius 3 is 2.46 bits per heavy atom. The number of carbonyl (C=O) groups excluding carboxylic acids is 1. The van der Waals surface area contributed by atoms with Crippen LogP contribution < -0.4 is 4.90 Å². The molecule has 0 unspecified atom stereocenters. The van der Waals surface area contributed by atoms with Crippen LogP contribution in [-0.2, 0) is 11.2 Å². The van der Waals surface area contributed by atoms with Crippen molar-refractivity contribution in [3.8, 4) is 0 Å². The van der Waals surface area contributed by atoms with Gasteiger partial charge >= 0.3 is 0 Å². The number of hydrogen-bond acceptors (Lipinski definition) is 5. The van der Waals surface area contributed by atoms with E-state index in [0.29, 0.717) is 12.3 Å². The number of unbranched alkanes of at least 4 members (excludes halogenated alkanes) is 5. The summed E-state index contributed by atoms with van der Waals surface area (Å²) in [5.41, 5.74) is 1.23. The van der Waals surface area contributed by atoms with E-state index in [1.54, 1.807) is 0 Å². The average Bonchev–Trinajstić information content (AvgIpc) is 3.20. The van der Waals surface area contributed by atoms with Crippen LogP contribution in [0.5, 0.6) is 0 Å². The number of rotatable bonds is 10. The van der Waals surface area contributed by atoms with Crippen LogP contribution in [0.3, 0.4) is 0 Å². The maximum absolute atomic E-state index is 12.4. The molecule has 0 saturated carbocycles. The van der Waals surface area contributed by atoms with Crippen molar-refractivity contribution in [3.05, 3.63) is 41.7 Å². The molecule has 1 amide bonds. The maximum atomic E-state index is 12.4. The summed E-state index contributed by atoms with van der Waals surface area (Å²) in [5.74, 6) is 1.20. The number of piperazine rings is 1. The number of amides is 1. The van der Waals surface area contributed by atoms with Crippen molar-refractivity contribution in [1.82, 2.24) is 14.3 Å². The lowest BCUT2D eigenvalue weighted by Gasteiger charge is -2.34. The molecule has 1 aliphatic heterocycles. The lowest BCUT2D eigenvalue weighted by molar-refractivity contribution is -0.131. The highest BCUT2D eigenvalue weighted by Gasteiger charge is 2.23. The van der Waals surface area contributed by atoms with Gasteiger partial charge in [0.2, 0.25) is 11.0 Å². The van der Waals surface area contributed by atoms with Crippen molar-refractivity contribution in [2.75, 3.05) is 31.1 Å². The van der Waals surface area contributed by atoms with Crippen molar-refractivity contribution in [1.29, 1.82) is 0 Å². The molecule has 2 aromatic rings. The van der Waals surface area contributed by atoms with Gasteiger partial charge in [0.15, 0.2) is 0 Å². The Morgan fingerprint density at radius 2 is 1.71 bits per heavy atom. The number of carbonyl (C=O) groups is 1. The third kappa shape index (κ3) is 6.30. The first-order valence-corrected chi connectivity index (χ1v) is 11.4. The molecular formula is C22H32N4OS. The van der Waals surface area contributed by atoms with Crippen LogP contribution in [0.4, 0.5) is 5.13 Å². The van der Waals surface area contributed by atoms with E-state index >= 15 is 0 Å². The van der Waals surface area contributed by atoms with Crippen molar-refractivity contribution >= 4 is 22.6 Å². The maximum Gasteiger partial charge on any atom is 0.222 e. The van der Waals surface area contributed by atoms with Crippen LogP contribution in [-0.4, -0.2) is 46.3 Å². The van der Waals surface area contributed by atoms with Gasteiger partial charge in [0.25, 0.3) is 0 Å². The van der Waals surface area contributed by atoms with Gasteiger partial charge in [-0.05, 0) is 12.0 Å². The highest BCUT2D eigenvalue weighted by Crippen LogP contribution is 2.21. The lowest BCUT2D eigenvalue weighted by atomic mass is 10.1. The standard InChI is InChI=1S/C22H32N4OS/c1-2-3-4-5-6-10-13-21(27)25-14-16-26(17-15-25)22-23-20(24-28-22)18-19-11-8-7-9-12-19/h7-9,11-12H,2-6,10,13-18H2,1H3. The van der Waals surface area contributed by atoms with Crippen molar-refractivity contribution < 1.29 is 4.79 Å². The van der Waals surface area contributed by atoms with Gasteiger partial charge in [0.05, 0.1) is 0 Å². The van der Waals surface area contributed by atoms with E-state index in [1.165, 1.54) is 49.2 Å². The SMILES string of the molecule is CCCCCCCCC(=O)N1CCN(c2nc(Cc3ccccc3)ns2)CC1. The summed E-state index contributed by atoms with van der Waals surface area (Å²) in [4.78, 5) is 21.4. The fourth-order valence-electron chi connectivity index (χ4n) is 3.59. The van der Waals surface area contributed by atoms with E-state index in [4.69, 9.17) is 4.98 Å². The number of benzene rings is 1. The average molecular weight is 401 g/mol. The summed E-state index contributed by atoms with van der Waals surface area (Å²) in [7, 11) is 0. The van der Waals surface area contributed by atoms with Gasteiger partial charge < -0.3 is 9.80 Å².